The SMILES string of the molecule is C[Si](C)(CNS(=O)(=O)Cc1ccc(Cl)nc1)c1ccccc1. The lowest BCUT2D eigenvalue weighted by Crippen LogP contribution is -2.51. The Hall–Kier alpha value is -1.21. The molecular formula is C15H19ClN2O2SSi. The molecule has 0 radical (unpaired) electrons. The maximum absolute atomic E-state index is 12.2. The molecule has 0 spiro atoms. The van der Waals surface area contributed by atoms with Crippen LogP contribution in [-0.2, 0) is 15.8 Å². The van der Waals surface area contributed by atoms with Crippen molar-refractivity contribution in [2.75, 3.05) is 6.17 Å². The van der Waals surface area contributed by atoms with Gasteiger partial charge in [-0.05, 0) is 11.6 Å². The van der Waals surface area contributed by atoms with Crippen LogP contribution in [0.1, 0.15) is 5.56 Å². The quantitative estimate of drug-likeness (QED) is 0.639. The van der Waals surface area contributed by atoms with Gasteiger partial charge in [0.25, 0.3) is 0 Å². The molecule has 0 saturated heterocycles. The molecule has 7 heteroatoms. The summed E-state index contributed by atoms with van der Waals surface area (Å²) in [4.78, 5) is 3.90. The molecule has 0 aliphatic heterocycles. The fourth-order valence-corrected chi connectivity index (χ4v) is 6.49. The first-order valence-corrected chi connectivity index (χ1v) is 12.2. The molecule has 118 valence electrons. The van der Waals surface area contributed by atoms with Gasteiger partial charge in [0.2, 0.25) is 10.0 Å². The highest BCUT2D eigenvalue weighted by Crippen LogP contribution is 2.09. The summed E-state index contributed by atoms with van der Waals surface area (Å²) in [6.07, 6.45) is 1.96. The summed E-state index contributed by atoms with van der Waals surface area (Å²) >= 11 is 5.70. The van der Waals surface area contributed by atoms with Crippen LogP contribution in [0.25, 0.3) is 0 Å². The average Bonchev–Trinajstić information content (AvgIpc) is 2.49. The Morgan fingerprint density at radius 3 is 2.41 bits per heavy atom. The maximum atomic E-state index is 12.2. The number of hydrogen-bond donors (Lipinski definition) is 1. The van der Waals surface area contributed by atoms with E-state index in [-0.39, 0.29) is 5.75 Å². The number of halogens is 1. The predicted molar refractivity (Wildman–Crippen MR) is 93.4 cm³/mol. The zero-order valence-electron chi connectivity index (χ0n) is 12.6. The normalized spacial score (nSPS) is 12.3. The van der Waals surface area contributed by atoms with Crippen LogP contribution in [0.4, 0.5) is 0 Å². The minimum atomic E-state index is -3.39. The molecule has 1 aromatic heterocycles. The molecule has 0 aliphatic rings. The molecule has 0 amide bonds. The number of pyridine rings is 1. The Bertz CT molecular complexity index is 719. The largest absolute Gasteiger partial charge is 0.244 e. The summed E-state index contributed by atoms with van der Waals surface area (Å²) in [6, 6.07) is 13.3. The lowest BCUT2D eigenvalue weighted by atomic mass is 10.3. The molecule has 4 nitrogen and oxygen atoms in total. The summed E-state index contributed by atoms with van der Waals surface area (Å²) < 4.78 is 27.2. The third-order valence-electron chi connectivity index (χ3n) is 3.43. The molecule has 2 rings (SSSR count). The molecule has 0 aliphatic carbocycles. The van der Waals surface area contributed by atoms with Crippen LogP contribution < -0.4 is 9.91 Å². The Labute approximate surface area is 137 Å². The van der Waals surface area contributed by atoms with Crippen LogP contribution in [0, 0.1) is 0 Å². The van der Waals surface area contributed by atoms with E-state index < -0.39 is 18.1 Å². The zero-order valence-corrected chi connectivity index (χ0v) is 15.2. The summed E-state index contributed by atoms with van der Waals surface area (Å²) in [5.74, 6) is -0.0869. The van der Waals surface area contributed by atoms with E-state index in [1.54, 1.807) is 12.1 Å². The minimum Gasteiger partial charge on any atom is -0.244 e. The van der Waals surface area contributed by atoms with Gasteiger partial charge in [0.05, 0.1) is 13.8 Å². The average molecular weight is 355 g/mol. The van der Waals surface area contributed by atoms with E-state index in [4.69, 9.17) is 11.6 Å². The molecule has 0 atom stereocenters. The van der Waals surface area contributed by atoms with E-state index in [1.165, 1.54) is 11.4 Å². The van der Waals surface area contributed by atoms with Crippen molar-refractivity contribution in [3.63, 3.8) is 0 Å². The van der Waals surface area contributed by atoms with Crippen molar-refractivity contribution in [3.8, 4) is 0 Å². The number of hydrogen-bond acceptors (Lipinski definition) is 3. The summed E-state index contributed by atoms with van der Waals surface area (Å²) in [7, 11) is -5.23. The van der Waals surface area contributed by atoms with Crippen LogP contribution in [0.5, 0.6) is 0 Å². The molecule has 2 aromatic rings. The number of rotatable bonds is 6. The smallest absolute Gasteiger partial charge is 0.215 e. The standard InChI is InChI=1S/C15H19ClN2O2SSi/c1-22(2,14-6-4-3-5-7-14)12-18-21(19,20)11-13-8-9-15(16)17-10-13/h3-10,18H,11-12H2,1-2H3. The zero-order chi connectivity index (χ0) is 16.2. The second-order valence-electron chi connectivity index (χ2n) is 5.82. The number of aromatic nitrogens is 1. The Kier molecular flexibility index (Phi) is 5.39. The third-order valence-corrected chi connectivity index (χ3v) is 8.17. The summed E-state index contributed by atoms with van der Waals surface area (Å²) in [5.41, 5.74) is 0.621. The minimum absolute atomic E-state index is 0.0869. The van der Waals surface area contributed by atoms with Crippen LogP contribution in [0.2, 0.25) is 18.2 Å². The van der Waals surface area contributed by atoms with Crippen LogP contribution in [0.3, 0.4) is 0 Å². The molecular weight excluding hydrogens is 336 g/mol. The molecule has 0 fully saturated rings. The van der Waals surface area contributed by atoms with Gasteiger partial charge in [0.1, 0.15) is 5.15 Å². The number of nitrogens with one attached hydrogen (secondary N) is 1. The summed E-state index contributed by atoms with van der Waals surface area (Å²) in [5, 5.41) is 1.58. The summed E-state index contributed by atoms with van der Waals surface area (Å²) in [6.45, 7) is 4.30. The maximum Gasteiger partial charge on any atom is 0.215 e. The predicted octanol–water partition coefficient (Wildman–Crippen LogP) is 2.31. The Morgan fingerprint density at radius 2 is 1.82 bits per heavy atom. The van der Waals surface area contributed by atoms with E-state index in [0.29, 0.717) is 16.9 Å². The highest BCUT2D eigenvalue weighted by Gasteiger charge is 2.25. The molecule has 1 aromatic carbocycles. The third kappa shape index (κ3) is 4.91. The van der Waals surface area contributed by atoms with Crippen molar-refractivity contribution in [2.24, 2.45) is 0 Å². The topological polar surface area (TPSA) is 59.1 Å². The first kappa shape index (κ1) is 17.1. The van der Waals surface area contributed by atoms with Gasteiger partial charge >= 0.3 is 0 Å². The van der Waals surface area contributed by atoms with Gasteiger partial charge in [-0.1, -0.05) is 66.3 Å². The van der Waals surface area contributed by atoms with E-state index in [9.17, 15) is 8.42 Å². The van der Waals surface area contributed by atoms with Gasteiger partial charge in [-0.3, -0.25) is 0 Å². The lowest BCUT2D eigenvalue weighted by molar-refractivity contribution is 0.585. The van der Waals surface area contributed by atoms with Crippen molar-refractivity contribution < 1.29 is 8.42 Å². The van der Waals surface area contributed by atoms with Crippen LogP contribution in [0.15, 0.2) is 48.7 Å². The number of nitrogens with zero attached hydrogens (tertiary/aromatic N) is 1. The van der Waals surface area contributed by atoms with Crippen molar-refractivity contribution >= 4 is 34.9 Å². The molecule has 1 heterocycles. The van der Waals surface area contributed by atoms with Crippen molar-refractivity contribution in [2.45, 2.75) is 18.8 Å². The highest BCUT2D eigenvalue weighted by molar-refractivity contribution is 7.88. The van der Waals surface area contributed by atoms with Gasteiger partial charge in [0.15, 0.2) is 0 Å². The van der Waals surface area contributed by atoms with Crippen LogP contribution >= 0.6 is 11.6 Å². The second-order valence-corrected chi connectivity index (χ2v) is 12.7. The van der Waals surface area contributed by atoms with E-state index in [0.717, 1.165) is 0 Å². The first-order chi connectivity index (χ1) is 10.3. The lowest BCUT2D eigenvalue weighted by Gasteiger charge is -2.23. The molecule has 1 N–H and O–H groups in total. The fourth-order valence-electron chi connectivity index (χ4n) is 2.04. The van der Waals surface area contributed by atoms with Gasteiger partial charge in [-0.2, -0.15) is 0 Å². The van der Waals surface area contributed by atoms with Gasteiger partial charge in [0, 0.05) is 12.4 Å². The number of sulfonamides is 1. The van der Waals surface area contributed by atoms with Gasteiger partial charge < -0.3 is 0 Å². The van der Waals surface area contributed by atoms with Crippen LogP contribution in [-0.4, -0.2) is 27.6 Å². The Morgan fingerprint density at radius 1 is 1.14 bits per heavy atom. The molecule has 0 bridgehead atoms. The van der Waals surface area contributed by atoms with Crippen molar-refractivity contribution in [1.82, 2.24) is 9.71 Å². The van der Waals surface area contributed by atoms with Crippen molar-refractivity contribution in [3.05, 3.63) is 59.4 Å². The molecule has 0 saturated carbocycles. The van der Waals surface area contributed by atoms with Crippen molar-refractivity contribution in [1.29, 1.82) is 0 Å². The first-order valence-electron chi connectivity index (χ1n) is 6.92. The van der Waals surface area contributed by atoms with E-state index in [1.807, 2.05) is 18.2 Å². The fraction of sp³-hybridized carbons (Fsp3) is 0.267. The highest BCUT2D eigenvalue weighted by atomic mass is 35.5. The second kappa shape index (κ2) is 6.91. The monoisotopic (exact) mass is 354 g/mol. The molecule has 0 unspecified atom stereocenters. The molecule has 22 heavy (non-hydrogen) atoms. The number of benzene rings is 1. The van der Waals surface area contributed by atoms with E-state index >= 15 is 0 Å². The van der Waals surface area contributed by atoms with Gasteiger partial charge in [-0.15, -0.1) is 0 Å². The Balaban J connectivity index is 2.02. The van der Waals surface area contributed by atoms with Gasteiger partial charge in [-0.25, -0.2) is 18.1 Å². The van der Waals surface area contributed by atoms with E-state index in [2.05, 4.69) is 34.9 Å².